The zero-order chi connectivity index (χ0) is 14.7. The molecule has 104 valence electrons. The molecule has 5 nitrogen and oxygen atoms in total. The molecule has 0 aromatic carbocycles. The smallest absolute Gasteiger partial charge is 0.265 e. The van der Waals surface area contributed by atoms with Gasteiger partial charge in [0.15, 0.2) is 0 Å². The van der Waals surface area contributed by atoms with E-state index in [0.717, 1.165) is 16.8 Å². The monoisotopic (exact) mass is 291 g/mol. The van der Waals surface area contributed by atoms with E-state index in [9.17, 15) is 10.1 Å². The fourth-order valence-electron chi connectivity index (χ4n) is 1.97. The van der Waals surface area contributed by atoms with Gasteiger partial charge in [0.1, 0.15) is 0 Å². The van der Waals surface area contributed by atoms with E-state index < -0.39 is 4.92 Å². The van der Waals surface area contributed by atoms with Crippen molar-refractivity contribution in [3.8, 4) is 11.1 Å². The molecule has 6 heteroatoms. The second kappa shape index (κ2) is 5.96. The lowest BCUT2D eigenvalue weighted by molar-refractivity contribution is -0.385. The second-order valence-corrected chi connectivity index (χ2v) is 5.24. The molecule has 0 aliphatic heterocycles. The summed E-state index contributed by atoms with van der Waals surface area (Å²) in [6.07, 6.45) is 4.00. The molecular weight excluding hydrogens is 278 g/mol. The quantitative estimate of drug-likeness (QED) is 0.486. The molecule has 0 aliphatic carbocycles. The van der Waals surface area contributed by atoms with E-state index in [2.05, 4.69) is 23.8 Å². The molecule has 2 rings (SSSR count). The van der Waals surface area contributed by atoms with Crippen molar-refractivity contribution in [2.75, 3.05) is 0 Å². The van der Waals surface area contributed by atoms with Crippen molar-refractivity contribution in [2.45, 2.75) is 20.3 Å². The fourth-order valence-corrected chi connectivity index (χ4v) is 2.19. The zero-order valence-corrected chi connectivity index (χ0v) is 12.0. The maximum Gasteiger partial charge on any atom is 0.307 e. The van der Waals surface area contributed by atoms with Gasteiger partial charge < -0.3 is 0 Å². The van der Waals surface area contributed by atoms with Gasteiger partial charge in [-0.15, -0.1) is 0 Å². The van der Waals surface area contributed by atoms with Crippen LogP contribution in [0.5, 0.6) is 0 Å². The van der Waals surface area contributed by atoms with E-state index in [1.807, 2.05) is 0 Å². The minimum atomic E-state index is -0.515. The first-order valence-corrected chi connectivity index (χ1v) is 6.61. The minimum absolute atomic E-state index is 0.0662. The Balaban J connectivity index is 2.62. The van der Waals surface area contributed by atoms with Gasteiger partial charge in [0.05, 0.1) is 10.6 Å². The highest BCUT2D eigenvalue weighted by Gasteiger charge is 2.19. The van der Waals surface area contributed by atoms with E-state index in [-0.39, 0.29) is 10.8 Å². The number of pyridine rings is 2. The third-order valence-corrected chi connectivity index (χ3v) is 3.10. The van der Waals surface area contributed by atoms with E-state index >= 15 is 0 Å². The summed E-state index contributed by atoms with van der Waals surface area (Å²) in [6, 6.07) is 5.10. The number of rotatable bonds is 4. The van der Waals surface area contributed by atoms with Crippen molar-refractivity contribution < 1.29 is 4.92 Å². The second-order valence-electron chi connectivity index (χ2n) is 4.88. The van der Waals surface area contributed by atoms with Crippen LogP contribution >= 0.6 is 11.6 Å². The van der Waals surface area contributed by atoms with Gasteiger partial charge in [0, 0.05) is 24.0 Å². The van der Waals surface area contributed by atoms with Gasteiger partial charge in [0.25, 0.3) is 0 Å². The zero-order valence-electron chi connectivity index (χ0n) is 11.2. The van der Waals surface area contributed by atoms with Crippen LogP contribution in [-0.2, 0) is 6.42 Å². The topological polar surface area (TPSA) is 68.9 Å². The molecule has 0 radical (unpaired) electrons. The molecule has 0 unspecified atom stereocenters. The van der Waals surface area contributed by atoms with Crippen LogP contribution in [0.25, 0.3) is 11.1 Å². The van der Waals surface area contributed by atoms with Gasteiger partial charge in [-0.3, -0.25) is 15.1 Å². The minimum Gasteiger partial charge on any atom is -0.265 e. The normalized spacial score (nSPS) is 10.8. The Kier molecular flexibility index (Phi) is 4.29. The lowest BCUT2D eigenvalue weighted by atomic mass is 9.98. The number of nitro groups is 1. The lowest BCUT2D eigenvalue weighted by Gasteiger charge is -2.11. The van der Waals surface area contributed by atoms with E-state index in [1.54, 1.807) is 24.5 Å². The average Bonchev–Trinajstić information content (AvgIpc) is 2.38. The summed E-state index contributed by atoms with van der Waals surface area (Å²) < 4.78 is 0. The van der Waals surface area contributed by atoms with Crippen molar-refractivity contribution in [1.82, 2.24) is 9.97 Å². The predicted octanol–water partition coefficient (Wildman–Crippen LogP) is 3.90. The highest BCUT2D eigenvalue weighted by molar-refractivity contribution is 6.31. The molecule has 2 aromatic rings. The van der Waals surface area contributed by atoms with Crippen molar-refractivity contribution in [2.24, 2.45) is 5.92 Å². The van der Waals surface area contributed by atoms with Crippen molar-refractivity contribution in [3.05, 3.63) is 51.6 Å². The Labute approximate surface area is 121 Å². The standard InChI is InChI=1S/C14H14ClN3O2/c1-9(2)7-12-11(10-3-5-16-6-4-10)8-13(18(19)20)14(15)17-12/h3-6,8-9H,7H2,1-2H3. The van der Waals surface area contributed by atoms with Gasteiger partial charge >= 0.3 is 5.69 Å². The van der Waals surface area contributed by atoms with Crippen LogP contribution in [0, 0.1) is 16.0 Å². The maximum atomic E-state index is 11.0. The van der Waals surface area contributed by atoms with E-state index in [0.29, 0.717) is 12.3 Å². The van der Waals surface area contributed by atoms with Crippen LogP contribution in [0.2, 0.25) is 5.15 Å². The fraction of sp³-hybridized carbons (Fsp3) is 0.286. The predicted molar refractivity (Wildman–Crippen MR) is 77.7 cm³/mol. The van der Waals surface area contributed by atoms with Crippen molar-refractivity contribution in [3.63, 3.8) is 0 Å². The molecule has 0 saturated heterocycles. The van der Waals surface area contributed by atoms with Crippen LogP contribution in [0.15, 0.2) is 30.6 Å². The summed E-state index contributed by atoms with van der Waals surface area (Å²) in [5.74, 6) is 0.376. The van der Waals surface area contributed by atoms with Crippen molar-refractivity contribution >= 4 is 17.3 Å². The van der Waals surface area contributed by atoms with Gasteiger partial charge in [-0.2, -0.15) is 0 Å². The molecule has 0 aliphatic rings. The SMILES string of the molecule is CC(C)Cc1nc(Cl)c([N+](=O)[O-])cc1-c1ccncc1. The van der Waals surface area contributed by atoms with Gasteiger partial charge in [0.2, 0.25) is 5.15 Å². The Morgan fingerprint density at radius 3 is 2.55 bits per heavy atom. The average molecular weight is 292 g/mol. The first kappa shape index (κ1) is 14.4. The van der Waals surface area contributed by atoms with Gasteiger partial charge in [-0.25, -0.2) is 4.98 Å². The summed E-state index contributed by atoms with van der Waals surface area (Å²) in [4.78, 5) is 18.7. The van der Waals surface area contributed by atoms with Gasteiger partial charge in [-0.1, -0.05) is 25.4 Å². The third-order valence-electron chi connectivity index (χ3n) is 2.83. The Bertz CT molecular complexity index is 630. The first-order chi connectivity index (χ1) is 9.49. The Morgan fingerprint density at radius 1 is 1.35 bits per heavy atom. The van der Waals surface area contributed by atoms with Crippen molar-refractivity contribution in [1.29, 1.82) is 0 Å². The number of aromatic nitrogens is 2. The van der Waals surface area contributed by atoms with E-state index in [4.69, 9.17) is 11.6 Å². The van der Waals surface area contributed by atoms with Crippen LogP contribution in [0.3, 0.4) is 0 Å². The van der Waals surface area contributed by atoms with Gasteiger partial charge in [-0.05, 0) is 30.0 Å². The Morgan fingerprint density at radius 2 is 2.00 bits per heavy atom. The van der Waals surface area contributed by atoms with E-state index in [1.165, 1.54) is 6.07 Å². The summed E-state index contributed by atoms with van der Waals surface area (Å²) in [5.41, 5.74) is 2.17. The molecule has 0 atom stereocenters. The van der Waals surface area contributed by atoms with Crippen LogP contribution in [-0.4, -0.2) is 14.9 Å². The third kappa shape index (κ3) is 3.11. The molecule has 0 spiro atoms. The lowest BCUT2D eigenvalue weighted by Crippen LogP contribution is -2.03. The molecule has 0 bridgehead atoms. The highest BCUT2D eigenvalue weighted by atomic mass is 35.5. The number of halogens is 1. The van der Waals surface area contributed by atoms with Crippen LogP contribution in [0.4, 0.5) is 5.69 Å². The highest BCUT2D eigenvalue weighted by Crippen LogP contribution is 2.32. The summed E-state index contributed by atoms with van der Waals surface area (Å²) in [6.45, 7) is 4.13. The summed E-state index contributed by atoms with van der Waals surface area (Å²) in [7, 11) is 0. The summed E-state index contributed by atoms with van der Waals surface area (Å²) in [5, 5.41) is 10.9. The molecule has 0 fully saturated rings. The maximum absolute atomic E-state index is 11.0. The molecule has 2 aromatic heterocycles. The molecule has 0 saturated carbocycles. The number of nitrogens with zero attached hydrogens (tertiary/aromatic N) is 3. The largest absolute Gasteiger partial charge is 0.307 e. The summed E-state index contributed by atoms with van der Waals surface area (Å²) >= 11 is 5.90. The molecule has 2 heterocycles. The molecule has 20 heavy (non-hydrogen) atoms. The Hall–Kier alpha value is -2.01. The molecule has 0 N–H and O–H groups in total. The molecule has 0 amide bonds. The van der Waals surface area contributed by atoms with Crippen LogP contribution in [0.1, 0.15) is 19.5 Å². The van der Waals surface area contributed by atoms with Crippen LogP contribution < -0.4 is 0 Å². The molecular formula is C14H14ClN3O2. The first-order valence-electron chi connectivity index (χ1n) is 6.23. The number of hydrogen-bond acceptors (Lipinski definition) is 4. The number of hydrogen-bond donors (Lipinski definition) is 0.